The SMILES string of the molecule is Cc1c(Cl)cccc1NC(=O)CNC(=O)C1CC2CCCC(C1)C2=O. The molecular weight excluding hydrogens is 340 g/mol. The summed E-state index contributed by atoms with van der Waals surface area (Å²) in [6, 6.07) is 5.30. The minimum absolute atomic E-state index is 0.0335. The summed E-state index contributed by atoms with van der Waals surface area (Å²) in [5.41, 5.74) is 1.44. The highest BCUT2D eigenvalue weighted by molar-refractivity contribution is 6.31. The van der Waals surface area contributed by atoms with Crippen LogP contribution in [0.25, 0.3) is 0 Å². The molecule has 134 valence electrons. The van der Waals surface area contributed by atoms with Gasteiger partial charge in [-0.15, -0.1) is 0 Å². The van der Waals surface area contributed by atoms with Crippen LogP contribution in [0.3, 0.4) is 0 Å². The van der Waals surface area contributed by atoms with Crippen molar-refractivity contribution in [3.63, 3.8) is 0 Å². The van der Waals surface area contributed by atoms with Crippen molar-refractivity contribution in [3.05, 3.63) is 28.8 Å². The monoisotopic (exact) mass is 362 g/mol. The summed E-state index contributed by atoms with van der Waals surface area (Å²) in [5, 5.41) is 6.06. The van der Waals surface area contributed by atoms with Crippen molar-refractivity contribution in [1.82, 2.24) is 5.32 Å². The number of ketones is 1. The summed E-state index contributed by atoms with van der Waals surface area (Å²) in [5.74, 6) is -0.163. The van der Waals surface area contributed by atoms with E-state index in [0.29, 0.717) is 29.3 Å². The van der Waals surface area contributed by atoms with Crippen LogP contribution in [0.2, 0.25) is 5.02 Å². The number of halogens is 1. The maximum atomic E-state index is 12.4. The van der Waals surface area contributed by atoms with Gasteiger partial charge in [0.2, 0.25) is 11.8 Å². The topological polar surface area (TPSA) is 75.3 Å². The first-order chi connectivity index (χ1) is 12.0. The average molecular weight is 363 g/mol. The highest BCUT2D eigenvalue weighted by Gasteiger charge is 2.41. The van der Waals surface area contributed by atoms with E-state index in [1.54, 1.807) is 18.2 Å². The zero-order valence-electron chi connectivity index (χ0n) is 14.3. The van der Waals surface area contributed by atoms with Crippen molar-refractivity contribution in [2.45, 2.75) is 39.0 Å². The van der Waals surface area contributed by atoms with Gasteiger partial charge in [-0.1, -0.05) is 24.1 Å². The van der Waals surface area contributed by atoms with Gasteiger partial charge < -0.3 is 10.6 Å². The van der Waals surface area contributed by atoms with E-state index in [4.69, 9.17) is 11.6 Å². The van der Waals surface area contributed by atoms with Gasteiger partial charge >= 0.3 is 0 Å². The van der Waals surface area contributed by atoms with E-state index in [0.717, 1.165) is 24.8 Å². The lowest BCUT2D eigenvalue weighted by Crippen LogP contribution is -2.44. The van der Waals surface area contributed by atoms with Crippen LogP contribution in [-0.2, 0) is 14.4 Å². The summed E-state index contributed by atoms with van der Waals surface area (Å²) >= 11 is 6.04. The van der Waals surface area contributed by atoms with Gasteiger partial charge in [0.25, 0.3) is 0 Å². The summed E-state index contributed by atoms with van der Waals surface area (Å²) in [7, 11) is 0. The van der Waals surface area contributed by atoms with Gasteiger partial charge in [-0.3, -0.25) is 14.4 Å². The smallest absolute Gasteiger partial charge is 0.243 e. The van der Waals surface area contributed by atoms with Crippen molar-refractivity contribution in [1.29, 1.82) is 0 Å². The number of nitrogens with one attached hydrogen (secondary N) is 2. The summed E-state index contributed by atoms with van der Waals surface area (Å²) in [6.45, 7) is 1.75. The highest BCUT2D eigenvalue weighted by atomic mass is 35.5. The van der Waals surface area contributed by atoms with Gasteiger partial charge in [-0.25, -0.2) is 0 Å². The van der Waals surface area contributed by atoms with Gasteiger partial charge in [0.15, 0.2) is 0 Å². The first kappa shape index (κ1) is 17.9. The molecule has 25 heavy (non-hydrogen) atoms. The molecule has 5 nitrogen and oxygen atoms in total. The molecule has 6 heteroatoms. The predicted molar refractivity (Wildman–Crippen MR) is 96.4 cm³/mol. The predicted octanol–water partition coefficient (Wildman–Crippen LogP) is 3.10. The number of benzene rings is 1. The molecule has 2 aliphatic carbocycles. The molecule has 2 unspecified atom stereocenters. The number of carbonyl (C=O) groups excluding carboxylic acids is 3. The molecule has 2 atom stereocenters. The number of hydrogen-bond donors (Lipinski definition) is 2. The molecule has 2 bridgehead atoms. The molecule has 0 radical (unpaired) electrons. The normalized spacial score (nSPS) is 25.4. The number of fused-ring (bicyclic) bond motifs is 2. The molecule has 0 saturated heterocycles. The highest BCUT2D eigenvalue weighted by Crippen LogP contribution is 2.40. The van der Waals surface area contributed by atoms with Crippen LogP contribution in [0, 0.1) is 24.7 Å². The fourth-order valence-electron chi connectivity index (χ4n) is 3.94. The lowest BCUT2D eigenvalue weighted by Gasteiger charge is -2.36. The van der Waals surface area contributed by atoms with Crippen LogP contribution in [0.15, 0.2) is 18.2 Å². The summed E-state index contributed by atoms with van der Waals surface area (Å²) in [6.07, 6.45) is 4.12. The Bertz CT molecular complexity index is 688. The van der Waals surface area contributed by atoms with Crippen molar-refractivity contribution >= 4 is 34.9 Å². The van der Waals surface area contributed by atoms with E-state index >= 15 is 0 Å². The van der Waals surface area contributed by atoms with Crippen LogP contribution < -0.4 is 10.6 Å². The Labute approximate surface area is 152 Å². The number of amides is 2. The molecule has 2 N–H and O–H groups in total. The number of rotatable bonds is 4. The molecule has 0 spiro atoms. The van der Waals surface area contributed by atoms with E-state index in [2.05, 4.69) is 10.6 Å². The second kappa shape index (κ2) is 7.56. The van der Waals surface area contributed by atoms with E-state index in [1.807, 2.05) is 6.92 Å². The lowest BCUT2D eigenvalue weighted by atomic mass is 9.67. The van der Waals surface area contributed by atoms with E-state index in [-0.39, 0.29) is 36.1 Å². The average Bonchev–Trinajstić information content (AvgIpc) is 2.56. The summed E-state index contributed by atoms with van der Waals surface area (Å²) < 4.78 is 0. The number of carbonyl (C=O) groups is 3. The Morgan fingerprint density at radius 3 is 2.56 bits per heavy atom. The first-order valence-electron chi connectivity index (χ1n) is 8.82. The molecular formula is C19H23ClN2O3. The van der Waals surface area contributed by atoms with E-state index < -0.39 is 0 Å². The molecule has 2 aliphatic rings. The second-order valence-electron chi connectivity index (χ2n) is 7.07. The Balaban J connectivity index is 1.51. The molecule has 2 saturated carbocycles. The molecule has 1 aromatic rings. The molecule has 2 fully saturated rings. The molecule has 1 aromatic carbocycles. The van der Waals surface area contributed by atoms with Gasteiger partial charge in [-0.2, -0.15) is 0 Å². The fourth-order valence-corrected chi connectivity index (χ4v) is 4.12. The number of Topliss-reactive ketones (excluding diaryl/α,β-unsaturated/α-hetero) is 1. The molecule has 0 heterocycles. The Hall–Kier alpha value is -1.88. The Kier molecular flexibility index (Phi) is 5.42. The minimum atomic E-state index is -0.286. The van der Waals surface area contributed by atoms with Crippen LogP contribution in [0.4, 0.5) is 5.69 Å². The fraction of sp³-hybridized carbons (Fsp3) is 0.526. The number of anilines is 1. The third-order valence-electron chi connectivity index (χ3n) is 5.38. The van der Waals surface area contributed by atoms with E-state index in [9.17, 15) is 14.4 Å². The maximum absolute atomic E-state index is 12.4. The zero-order valence-corrected chi connectivity index (χ0v) is 15.1. The largest absolute Gasteiger partial charge is 0.347 e. The molecule has 0 aromatic heterocycles. The van der Waals surface area contributed by atoms with Crippen LogP contribution in [-0.4, -0.2) is 24.1 Å². The van der Waals surface area contributed by atoms with Crippen molar-refractivity contribution in [2.75, 3.05) is 11.9 Å². The van der Waals surface area contributed by atoms with Crippen molar-refractivity contribution in [3.8, 4) is 0 Å². The van der Waals surface area contributed by atoms with E-state index in [1.165, 1.54) is 0 Å². The standard InChI is InChI=1S/C19H23ClN2O3/c1-11-15(20)6-3-7-16(11)22-17(23)10-21-19(25)14-8-12-4-2-5-13(9-14)18(12)24/h3,6-7,12-14H,2,4-5,8-10H2,1H3,(H,21,25)(H,22,23). The summed E-state index contributed by atoms with van der Waals surface area (Å²) in [4.78, 5) is 36.6. The number of hydrogen-bond acceptors (Lipinski definition) is 3. The third-order valence-corrected chi connectivity index (χ3v) is 5.79. The first-order valence-corrected chi connectivity index (χ1v) is 9.20. The minimum Gasteiger partial charge on any atom is -0.347 e. The van der Waals surface area contributed by atoms with Crippen LogP contribution in [0.1, 0.15) is 37.7 Å². The second-order valence-corrected chi connectivity index (χ2v) is 7.48. The van der Waals surface area contributed by atoms with Crippen LogP contribution >= 0.6 is 11.6 Å². The zero-order chi connectivity index (χ0) is 18.0. The van der Waals surface area contributed by atoms with Gasteiger partial charge in [0, 0.05) is 28.5 Å². The van der Waals surface area contributed by atoms with Gasteiger partial charge in [0.1, 0.15) is 5.78 Å². The lowest BCUT2D eigenvalue weighted by molar-refractivity contribution is -0.138. The van der Waals surface area contributed by atoms with Crippen molar-refractivity contribution in [2.24, 2.45) is 17.8 Å². The van der Waals surface area contributed by atoms with Gasteiger partial charge in [-0.05, 0) is 50.3 Å². The quantitative estimate of drug-likeness (QED) is 0.864. The Morgan fingerprint density at radius 2 is 1.88 bits per heavy atom. The maximum Gasteiger partial charge on any atom is 0.243 e. The van der Waals surface area contributed by atoms with Gasteiger partial charge in [0.05, 0.1) is 6.54 Å². The Morgan fingerprint density at radius 1 is 1.20 bits per heavy atom. The van der Waals surface area contributed by atoms with Crippen LogP contribution in [0.5, 0.6) is 0 Å². The molecule has 2 amide bonds. The molecule has 0 aliphatic heterocycles. The third kappa shape index (κ3) is 4.03. The molecule has 3 rings (SSSR count). The van der Waals surface area contributed by atoms with Crippen molar-refractivity contribution < 1.29 is 14.4 Å².